The average Bonchev–Trinajstić information content (AvgIpc) is 3.95. The highest BCUT2D eigenvalue weighted by atomic mass is 32.1. The normalized spacial score (nSPS) is 27.4. The number of likely N-dealkylation sites (tertiary alicyclic amines) is 1. The molecule has 1 spiro atoms. The number of benzene rings is 1. The smallest absolute Gasteiger partial charge is 0.324 e. The van der Waals surface area contributed by atoms with Crippen LogP contribution in [0.2, 0.25) is 11.6 Å². The zero-order chi connectivity index (χ0) is 47.5. The Bertz CT molecular complexity index is 2600. The van der Waals surface area contributed by atoms with E-state index in [4.69, 9.17) is 24.2 Å². The predicted octanol–water partition coefficient (Wildman–Crippen LogP) is 5.98. The van der Waals surface area contributed by atoms with Crippen molar-refractivity contribution in [2.45, 2.75) is 109 Å². The number of esters is 1. The first kappa shape index (κ1) is 47.2. The molecular formula is C51H66N8O7SSi. The summed E-state index contributed by atoms with van der Waals surface area (Å²) in [6, 6.07) is 9.09. The van der Waals surface area contributed by atoms with Gasteiger partial charge in [0.25, 0.3) is 0 Å². The number of ketones is 1. The second-order valence-corrected chi connectivity index (χ2v) is 23.0. The van der Waals surface area contributed by atoms with Gasteiger partial charge in [-0.3, -0.25) is 34.1 Å². The highest BCUT2D eigenvalue weighted by Gasteiger charge is 2.59. The molecule has 3 aromatic heterocycles. The van der Waals surface area contributed by atoms with Gasteiger partial charge in [-0.05, 0) is 75.8 Å². The number of anilines is 1. The molecule has 0 saturated carbocycles. The number of ether oxygens (including phenoxy) is 3. The number of piperidine rings is 1. The van der Waals surface area contributed by atoms with Crippen LogP contribution in [0.25, 0.3) is 33.4 Å². The van der Waals surface area contributed by atoms with E-state index in [-0.39, 0.29) is 51.7 Å². The number of pyridine rings is 1. The van der Waals surface area contributed by atoms with Gasteiger partial charge in [0.15, 0.2) is 0 Å². The minimum Gasteiger partial charge on any atom is -0.464 e. The lowest BCUT2D eigenvalue weighted by Crippen LogP contribution is -2.64. The SMILES string of the molecule is CCn1c(-c2cc(N3CCN4CCOC[C@@H]4C3)cnc2[C@H](C)OC)c2c3cc(ccc31)-c1csc(n1)C[C@@]1(C[Si]C1C(=O)[C@H]1CCCN(C(C)=O)C1)C(=O)N1CCC[C@H](N1)C(=O)OCC(C)(C)C2. The third-order valence-corrected chi connectivity index (χ3v) is 18.6. The van der Waals surface area contributed by atoms with Crippen molar-refractivity contribution in [2.24, 2.45) is 16.7 Å². The van der Waals surface area contributed by atoms with E-state index < -0.39 is 22.4 Å². The lowest BCUT2D eigenvalue weighted by molar-refractivity contribution is -0.159. The van der Waals surface area contributed by atoms with Crippen LogP contribution in [0.5, 0.6) is 0 Å². The number of piperazine rings is 1. The second-order valence-electron chi connectivity index (χ2n) is 20.7. The summed E-state index contributed by atoms with van der Waals surface area (Å²) in [5, 5.41) is 5.58. The highest BCUT2D eigenvalue weighted by molar-refractivity contribution is 7.10. The van der Waals surface area contributed by atoms with E-state index in [0.717, 1.165) is 101 Å². The number of hydrazine groups is 1. The molecule has 6 bridgehead atoms. The van der Waals surface area contributed by atoms with E-state index in [9.17, 15) is 14.4 Å². The van der Waals surface area contributed by atoms with Crippen LogP contribution in [-0.4, -0.2) is 147 Å². The first-order chi connectivity index (χ1) is 32.8. The molecule has 4 aromatic rings. The van der Waals surface area contributed by atoms with E-state index in [1.807, 2.05) is 6.20 Å². The Labute approximate surface area is 406 Å². The van der Waals surface area contributed by atoms with Crippen molar-refractivity contribution in [1.82, 2.24) is 34.8 Å². The Morgan fingerprint density at radius 2 is 1.90 bits per heavy atom. The summed E-state index contributed by atoms with van der Waals surface area (Å²) in [5.41, 5.74) is 9.34. The Hall–Kier alpha value is -4.52. The number of hydrogen-bond donors (Lipinski definition) is 1. The highest BCUT2D eigenvalue weighted by Crippen LogP contribution is 2.53. The van der Waals surface area contributed by atoms with Gasteiger partial charge in [-0.2, -0.15) is 0 Å². The molecule has 9 heterocycles. The quantitative estimate of drug-likeness (QED) is 0.172. The Balaban J connectivity index is 1.08. The maximum absolute atomic E-state index is 15.1. The molecule has 68 heavy (non-hydrogen) atoms. The number of aryl methyl sites for hydroxylation is 1. The van der Waals surface area contributed by atoms with Gasteiger partial charge < -0.3 is 28.6 Å². The number of carbonyl (C=O) groups is 4. The summed E-state index contributed by atoms with van der Waals surface area (Å²) >= 11 is 1.53. The zero-order valence-electron chi connectivity index (χ0n) is 40.5. The van der Waals surface area contributed by atoms with Crippen molar-refractivity contribution in [3.63, 3.8) is 0 Å². The third kappa shape index (κ3) is 8.73. The third-order valence-electron chi connectivity index (χ3n) is 15.6. The largest absolute Gasteiger partial charge is 0.464 e. The lowest BCUT2D eigenvalue weighted by Gasteiger charge is -2.51. The Morgan fingerprint density at radius 1 is 1.06 bits per heavy atom. The summed E-state index contributed by atoms with van der Waals surface area (Å²) in [6.45, 7) is 17.6. The second kappa shape index (κ2) is 19.0. The van der Waals surface area contributed by atoms with Gasteiger partial charge in [0.1, 0.15) is 11.8 Å². The van der Waals surface area contributed by atoms with E-state index in [0.29, 0.717) is 70.4 Å². The van der Waals surface area contributed by atoms with Crippen LogP contribution in [0.15, 0.2) is 35.8 Å². The fraction of sp³-hybridized carbons (Fsp3) is 0.608. The number of Topliss-reactive ketones (excluding diaryl/α,β-unsaturated/α-hetero) is 1. The van der Waals surface area contributed by atoms with Gasteiger partial charge in [0.05, 0.1) is 80.9 Å². The molecule has 2 amide bonds. The molecule has 10 rings (SSSR count). The predicted molar refractivity (Wildman–Crippen MR) is 263 cm³/mol. The molecule has 1 N–H and O–H groups in total. The number of morpholine rings is 1. The van der Waals surface area contributed by atoms with Gasteiger partial charge in [-0.1, -0.05) is 19.9 Å². The standard InChI is InChI=1S/C51H66N8O7SSi/c1-7-58-42-13-12-33-20-37(42)39(45(58)38-21-35(24-52-44(38)31(2)64-6)57-17-16-55-18-19-65-27-36(55)26-57)22-50(4,5)29-66-48(62)40-11-9-15-59(54-40)49(63)51(23-43-53-41(33)28-67-43)30-68-47(51)46(61)34-10-8-14-56(25-34)32(3)60/h12-13,20-21,24,28,31,34,36,40,47,54H,7-11,14-19,22-23,25-27,29-30H2,1-6H3/t31-,34-,36-,40-,47?,51-/m0/s1. The lowest BCUT2D eigenvalue weighted by atomic mass is 9.74. The van der Waals surface area contributed by atoms with Crippen molar-refractivity contribution in [3.8, 4) is 22.5 Å². The average molecular weight is 963 g/mol. The summed E-state index contributed by atoms with van der Waals surface area (Å²) in [7, 11) is 2.02. The number of thiazole rings is 1. The fourth-order valence-corrected chi connectivity index (χ4v) is 14.5. The van der Waals surface area contributed by atoms with E-state index in [1.54, 1.807) is 23.9 Å². The zero-order valence-corrected chi connectivity index (χ0v) is 42.3. The fourth-order valence-electron chi connectivity index (χ4n) is 11.7. The molecular weight excluding hydrogens is 897 g/mol. The van der Waals surface area contributed by atoms with Crippen LogP contribution in [-0.2, 0) is 52.8 Å². The molecule has 2 radical (unpaired) electrons. The van der Waals surface area contributed by atoms with Crippen molar-refractivity contribution in [2.75, 3.05) is 77.6 Å². The monoisotopic (exact) mass is 962 g/mol. The van der Waals surface area contributed by atoms with Crippen LogP contribution in [0.4, 0.5) is 5.69 Å². The first-order valence-corrected chi connectivity index (χ1v) is 26.9. The molecule has 1 aromatic carbocycles. The maximum atomic E-state index is 15.1. The van der Waals surface area contributed by atoms with Crippen LogP contribution >= 0.6 is 11.3 Å². The molecule has 6 atom stereocenters. The van der Waals surface area contributed by atoms with E-state index in [1.165, 1.54) is 11.3 Å². The molecule has 362 valence electrons. The number of fused-ring (bicyclic) bond motifs is 7. The van der Waals surface area contributed by atoms with Gasteiger partial charge in [0, 0.05) is 117 Å². The van der Waals surface area contributed by atoms with Gasteiger partial charge in [-0.25, -0.2) is 10.4 Å². The molecule has 6 aliphatic rings. The van der Waals surface area contributed by atoms with Crippen LogP contribution < -0.4 is 10.3 Å². The van der Waals surface area contributed by atoms with Crippen LogP contribution in [0.1, 0.15) is 82.7 Å². The summed E-state index contributed by atoms with van der Waals surface area (Å²) in [6.07, 6.45) is 5.26. The number of carbonyl (C=O) groups excluding carboxylic acids is 4. The molecule has 0 aliphatic carbocycles. The topological polar surface area (TPSA) is 152 Å². The number of hydrogen-bond acceptors (Lipinski definition) is 13. The van der Waals surface area contributed by atoms with Crippen LogP contribution in [0.3, 0.4) is 0 Å². The van der Waals surface area contributed by atoms with Crippen molar-refractivity contribution in [3.05, 3.63) is 52.1 Å². The van der Waals surface area contributed by atoms with Gasteiger partial charge in [0.2, 0.25) is 11.8 Å². The molecule has 5 fully saturated rings. The van der Waals surface area contributed by atoms with Gasteiger partial charge >= 0.3 is 5.97 Å². The van der Waals surface area contributed by atoms with Gasteiger partial charge in [-0.15, -0.1) is 11.3 Å². The molecule has 6 aliphatic heterocycles. The summed E-state index contributed by atoms with van der Waals surface area (Å²) in [4.78, 5) is 73.5. The first-order valence-electron chi connectivity index (χ1n) is 24.7. The van der Waals surface area contributed by atoms with E-state index >= 15 is 4.79 Å². The number of nitrogens with one attached hydrogen (secondary N) is 1. The number of amides is 2. The van der Waals surface area contributed by atoms with Crippen molar-refractivity contribution >= 4 is 61.0 Å². The van der Waals surface area contributed by atoms with Crippen molar-refractivity contribution < 1.29 is 33.4 Å². The van der Waals surface area contributed by atoms with E-state index in [2.05, 4.69) is 77.1 Å². The van der Waals surface area contributed by atoms with Crippen molar-refractivity contribution in [1.29, 1.82) is 0 Å². The molecule has 1 unspecified atom stereocenters. The molecule has 5 saturated heterocycles. The molecule has 15 nitrogen and oxygen atoms in total. The number of cyclic esters (lactones) is 1. The minimum absolute atomic E-state index is 0.0288. The summed E-state index contributed by atoms with van der Waals surface area (Å²) < 4.78 is 20.6. The number of rotatable bonds is 7. The number of nitrogens with zero attached hydrogens (tertiary/aromatic N) is 7. The number of aromatic nitrogens is 3. The molecule has 17 heteroatoms. The van der Waals surface area contributed by atoms with Crippen LogP contribution in [0, 0.1) is 16.7 Å². The maximum Gasteiger partial charge on any atom is 0.324 e. The number of methoxy groups -OCH3 is 1. The Kier molecular flexibility index (Phi) is 13.2. The minimum atomic E-state index is -1.02. The Morgan fingerprint density at radius 3 is 2.68 bits per heavy atom. The summed E-state index contributed by atoms with van der Waals surface area (Å²) in [5.74, 6) is -0.817.